The summed E-state index contributed by atoms with van der Waals surface area (Å²) in [6.45, 7) is 0.412. The third kappa shape index (κ3) is 3.24. The van der Waals surface area contributed by atoms with E-state index in [1.54, 1.807) is 18.2 Å². The van der Waals surface area contributed by atoms with E-state index < -0.39 is 5.63 Å². The lowest BCUT2D eigenvalue weighted by Crippen LogP contribution is -2.25. The Kier molecular flexibility index (Phi) is 4.11. The molecule has 0 aliphatic heterocycles. The molecule has 3 rings (SSSR count). The number of hydrogen-bond acceptors (Lipinski definition) is 5. The molecule has 3 aromatic rings. The average molecular weight is 314 g/mol. The lowest BCUT2D eigenvalue weighted by Gasteiger charge is -2.04. The van der Waals surface area contributed by atoms with E-state index in [-0.39, 0.29) is 5.91 Å². The van der Waals surface area contributed by atoms with Gasteiger partial charge in [0.25, 0.3) is 5.91 Å². The highest BCUT2D eigenvalue weighted by Gasteiger charge is 2.08. The number of nitrogens with one attached hydrogen (secondary N) is 2. The summed E-state index contributed by atoms with van der Waals surface area (Å²) in [5.41, 5.74) is 1.69. The van der Waals surface area contributed by atoms with Crippen LogP contribution in [0.4, 0.5) is 0 Å². The van der Waals surface area contributed by atoms with Crippen molar-refractivity contribution in [3.63, 3.8) is 0 Å². The maximum Gasteiger partial charge on any atom is 0.335 e. The monoisotopic (exact) mass is 314 g/mol. The predicted octanol–water partition coefficient (Wildman–Crippen LogP) is 1.95. The van der Waals surface area contributed by atoms with E-state index in [2.05, 4.69) is 19.6 Å². The van der Waals surface area contributed by atoms with E-state index in [1.807, 2.05) is 6.20 Å². The lowest BCUT2D eigenvalue weighted by molar-refractivity contribution is -0.137. The molecule has 2 aromatic heterocycles. The third-order valence-electron chi connectivity index (χ3n) is 3.49. The molecule has 7 heteroatoms. The fraction of sp³-hybridized carbons (Fsp3) is 0.125. The Morgan fingerprint density at radius 1 is 1.30 bits per heavy atom. The summed E-state index contributed by atoms with van der Waals surface area (Å²) in [5.74, 6) is 0.0367. The quantitative estimate of drug-likeness (QED) is 0.493. The van der Waals surface area contributed by atoms with Crippen LogP contribution >= 0.6 is 0 Å². The minimum atomic E-state index is -0.498. The van der Waals surface area contributed by atoms with Gasteiger partial charge >= 0.3 is 5.63 Å². The topological polar surface area (TPSA) is 105 Å². The minimum Gasteiger partial charge on any atom is -0.430 e. The number of amides is 1. The SMILES string of the molecule is O=C(NCCc1c[nH]c2ccc(OO)cc12)c1ccc(=O)oc1. The van der Waals surface area contributed by atoms with Gasteiger partial charge in [-0.25, -0.2) is 10.1 Å². The summed E-state index contributed by atoms with van der Waals surface area (Å²) >= 11 is 0. The molecule has 0 aliphatic rings. The summed E-state index contributed by atoms with van der Waals surface area (Å²) in [6.07, 6.45) is 3.57. The Labute approximate surface area is 130 Å². The van der Waals surface area contributed by atoms with Crippen LogP contribution in [-0.4, -0.2) is 22.7 Å². The number of H-pyrrole nitrogens is 1. The van der Waals surface area contributed by atoms with Crippen molar-refractivity contribution in [2.75, 3.05) is 6.54 Å². The van der Waals surface area contributed by atoms with Crippen molar-refractivity contribution in [3.8, 4) is 5.75 Å². The second-order valence-electron chi connectivity index (χ2n) is 4.96. The van der Waals surface area contributed by atoms with Crippen molar-refractivity contribution < 1.29 is 19.4 Å². The van der Waals surface area contributed by atoms with Gasteiger partial charge in [0.2, 0.25) is 0 Å². The number of benzene rings is 1. The Morgan fingerprint density at radius 2 is 2.17 bits per heavy atom. The van der Waals surface area contributed by atoms with Gasteiger partial charge in [-0.05, 0) is 36.2 Å². The Morgan fingerprint density at radius 3 is 2.91 bits per heavy atom. The normalized spacial score (nSPS) is 10.7. The summed E-state index contributed by atoms with van der Waals surface area (Å²) < 4.78 is 4.66. The third-order valence-corrected chi connectivity index (χ3v) is 3.49. The first kappa shape index (κ1) is 14.9. The number of hydrogen-bond donors (Lipinski definition) is 3. The van der Waals surface area contributed by atoms with Gasteiger partial charge < -0.3 is 19.6 Å². The van der Waals surface area contributed by atoms with Crippen LogP contribution < -0.4 is 15.8 Å². The molecule has 7 nitrogen and oxygen atoms in total. The molecule has 1 amide bonds. The molecule has 0 atom stereocenters. The van der Waals surface area contributed by atoms with Gasteiger partial charge in [0.15, 0.2) is 5.75 Å². The molecule has 2 heterocycles. The maximum absolute atomic E-state index is 11.9. The number of fused-ring (bicyclic) bond motifs is 1. The zero-order chi connectivity index (χ0) is 16.2. The van der Waals surface area contributed by atoms with Crippen LogP contribution in [0.2, 0.25) is 0 Å². The zero-order valence-corrected chi connectivity index (χ0v) is 12.0. The van der Waals surface area contributed by atoms with Gasteiger partial charge in [0.1, 0.15) is 6.26 Å². The molecule has 0 saturated carbocycles. The van der Waals surface area contributed by atoms with Gasteiger partial charge in [-0.1, -0.05) is 0 Å². The van der Waals surface area contributed by atoms with Crippen LogP contribution in [0.15, 0.2) is 52.0 Å². The largest absolute Gasteiger partial charge is 0.430 e. The van der Waals surface area contributed by atoms with Crippen LogP contribution in [0.5, 0.6) is 5.75 Å². The molecule has 118 valence electrons. The zero-order valence-electron chi connectivity index (χ0n) is 12.0. The minimum absolute atomic E-state index is 0.291. The summed E-state index contributed by atoms with van der Waals surface area (Å²) in [4.78, 5) is 30.1. The number of carbonyl (C=O) groups is 1. The van der Waals surface area contributed by atoms with Gasteiger partial charge in [-0.3, -0.25) is 4.79 Å². The second-order valence-corrected chi connectivity index (χ2v) is 4.96. The van der Waals surface area contributed by atoms with Crippen molar-refractivity contribution in [3.05, 3.63) is 64.3 Å². The molecular formula is C16H14N2O5. The number of aromatic nitrogens is 1. The van der Waals surface area contributed by atoms with Gasteiger partial charge in [-0.2, -0.15) is 0 Å². The Hall–Kier alpha value is -3.06. The Balaban J connectivity index is 1.65. The van der Waals surface area contributed by atoms with Gasteiger partial charge in [-0.15, -0.1) is 0 Å². The second kappa shape index (κ2) is 6.37. The maximum atomic E-state index is 11.9. The van der Waals surface area contributed by atoms with Gasteiger partial charge in [0, 0.05) is 29.7 Å². The molecule has 3 N–H and O–H groups in total. The van der Waals surface area contributed by atoms with E-state index in [0.717, 1.165) is 22.7 Å². The van der Waals surface area contributed by atoms with Crippen molar-refractivity contribution in [1.29, 1.82) is 0 Å². The smallest absolute Gasteiger partial charge is 0.335 e. The summed E-state index contributed by atoms with van der Waals surface area (Å²) in [5, 5.41) is 12.4. The first-order valence-electron chi connectivity index (χ1n) is 6.96. The van der Waals surface area contributed by atoms with E-state index in [9.17, 15) is 9.59 Å². The number of rotatable bonds is 5. The van der Waals surface area contributed by atoms with Crippen molar-refractivity contribution >= 4 is 16.8 Å². The van der Waals surface area contributed by atoms with Crippen LogP contribution in [0.1, 0.15) is 15.9 Å². The van der Waals surface area contributed by atoms with E-state index in [1.165, 1.54) is 12.1 Å². The molecule has 0 spiro atoms. The first-order valence-corrected chi connectivity index (χ1v) is 6.96. The molecule has 1 aromatic carbocycles. The van der Waals surface area contributed by atoms with Crippen LogP contribution in [0.25, 0.3) is 10.9 Å². The van der Waals surface area contributed by atoms with Crippen LogP contribution in [-0.2, 0) is 6.42 Å². The van der Waals surface area contributed by atoms with Crippen molar-refractivity contribution in [1.82, 2.24) is 10.3 Å². The highest BCUT2D eigenvalue weighted by Crippen LogP contribution is 2.23. The standard InChI is InChI=1S/C16H14N2O5/c19-15-4-1-11(9-22-15)16(20)17-6-5-10-8-18-14-3-2-12(23-21)7-13(10)14/h1-4,7-9,18,21H,5-6H2,(H,17,20). The van der Waals surface area contributed by atoms with Crippen LogP contribution in [0.3, 0.4) is 0 Å². The predicted molar refractivity (Wildman–Crippen MR) is 82.6 cm³/mol. The lowest BCUT2D eigenvalue weighted by atomic mass is 10.1. The molecule has 0 radical (unpaired) electrons. The molecule has 0 saturated heterocycles. The first-order chi connectivity index (χ1) is 11.2. The average Bonchev–Trinajstić information content (AvgIpc) is 2.97. The van der Waals surface area contributed by atoms with Gasteiger partial charge in [0.05, 0.1) is 5.56 Å². The molecular weight excluding hydrogens is 300 g/mol. The highest BCUT2D eigenvalue weighted by atomic mass is 17.1. The van der Waals surface area contributed by atoms with Crippen LogP contribution in [0, 0.1) is 0 Å². The molecule has 23 heavy (non-hydrogen) atoms. The summed E-state index contributed by atoms with van der Waals surface area (Å²) in [6, 6.07) is 7.78. The van der Waals surface area contributed by atoms with E-state index in [4.69, 9.17) is 5.26 Å². The number of aromatic amines is 1. The van der Waals surface area contributed by atoms with E-state index >= 15 is 0 Å². The molecule has 0 bridgehead atoms. The molecule has 0 unspecified atom stereocenters. The summed E-state index contributed by atoms with van der Waals surface area (Å²) in [7, 11) is 0. The highest BCUT2D eigenvalue weighted by molar-refractivity contribution is 5.93. The van der Waals surface area contributed by atoms with Crippen molar-refractivity contribution in [2.45, 2.75) is 6.42 Å². The van der Waals surface area contributed by atoms with E-state index in [0.29, 0.717) is 24.3 Å². The molecule has 0 aliphatic carbocycles. The number of carbonyl (C=O) groups excluding carboxylic acids is 1. The fourth-order valence-corrected chi connectivity index (χ4v) is 2.32. The molecule has 0 fully saturated rings. The fourth-order valence-electron chi connectivity index (χ4n) is 2.32. The van der Waals surface area contributed by atoms with Crippen molar-refractivity contribution in [2.24, 2.45) is 0 Å². The Bertz CT molecular complexity index is 876.